The van der Waals surface area contributed by atoms with Crippen molar-refractivity contribution < 1.29 is 4.79 Å². The van der Waals surface area contributed by atoms with Crippen LogP contribution in [0.1, 0.15) is 23.2 Å². The molecule has 0 saturated carbocycles. The van der Waals surface area contributed by atoms with Crippen LogP contribution in [0.5, 0.6) is 0 Å². The number of hydrogen-bond donors (Lipinski definition) is 0. The van der Waals surface area contributed by atoms with Gasteiger partial charge in [0.25, 0.3) is 0 Å². The number of nitrogens with zero attached hydrogens (tertiary/aromatic N) is 3. The van der Waals surface area contributed by atoms with Gasteiger partial charge in [-0.25, -0.2) is 4.98 Å². The van der Waals surface area contributed by atoms with E-state index in [0.29, 0.717) is 36.0 Å². The van der Waals surface area contributed by atoms with Crippen LogP contribution in [-0.2, 0) is 31.2 Å². The van der Waals surface area contributed by atoms with E-state index in [4.69, 9.17) is 23.2 Å². The van der Waals surface area contributed by atoms with E-state index < -0.39 is 0 Å². The third kappa shape index (κ3) is 3.13. The number of rotatable bonds is 3. The minimum absolute atomic E-state index is 0.156. The highest BCUT2D eigenvalue weighted by atomic mass is 35.5. The lowest BCUT2D eigenvalue weighted by molar-refractivity contribution is -0.132. The Morgan fingerprint density at radius 2 is 2.18 bits per heavy atom. The Bertz CT molecular complexity index is 711. The summed E-state index contributed by atoms with van der Waals surface area (Å²) in [5, 5.41) is 1.32. The summed E-state index contributed by atoms with van der Waals surface area (Å²) in [5.74, 6) is 0.156. The van der Waals surface area contributed by atoms with E-state index in [2.05, 4.69) is 4.98 Å². The van der Waals surface area contributed by atoms with Crippen LogP contribution in [0, 0.1) is 0 Å². The topological polar surface area (TPSA) is 38.1 Å². The summed E-state index contributed by atoms with van der Waals surface area (Å²) in [4.78, 5) is 18.4. The van der Waals surface area contributed by atoms with Gasteiger partial charge >= 0.3 is 0 Å². The standard InChI is InChI=1S/C16H17Cl2N3O/c1-20-10-19-8-13(20)2-3-16(22)21-5-4-14-11(9-21)6-12(17)7-15(14)18/h6-8,10H,2-5,9H2,1H3. The van der Waals surface area contributed by atoms with E-state index >= 15 is 0 Å². The molecule has 1 aliphatic rings. The number of imidazole rings is 1. The fraction of sp³-hybridized carbons (Fsp3) is 0.375. The average molecular weight is 338 g/mol. The summed E-state index contributed by atoms with van der Waals surface area (Å²) in [6.07, 6.45) is 5.53. The molecule has 0 aliphatic carbocycles. The van der Waals surface area contributed by atoms with E-state index in [1.807, 2.05) is 22.6 Å². The lowest BCUT2D eigenvalue weighted by atomic mass is 9.99. The first-order chi connectivity index (χ1) is 10.5. The predicted molar refractivity (Wildman–Crippen MR) is 87.1 cm³/mol. The molecule has 116 valence electrons. The van der Waals surface area contributed by atoms with E-state index in [0.717, 1.165) is 23.2 Å². The number of fused-ring (bicyclic) bond motifs is 1. The molecule has 4 nitrogen and oxygen atoms in total. The zero-order valence-corrected chi connectivity index (χ0v) is 13.9. The van der Waals surface area contributed by atoms with E-state index in [9.17, 15) is 4.79 Å². The molecule has 1 aromatic carbocycles. The van der Waals surface area contributed by atoms with E-state index in [1.54, 1.807) is 18.6 Å². The fourth-order valence-electron chi connectivity index (χ4n) is 2.84. The molecule has 6 heteroatoms. The third-order valence-corrected chi connectivity index (χ3v) is 4.67. The van der Waals surface area contributed by atoms with Crippen molar-refractivity contribution in [2.45, 2.75) is 25.8 Å². The summed E-state index contributed by atoms with van der Waals surface area (Å²) in [6, 6.07) is 3.67. The average Bonchev–Trinajstić information content (AvgIpc) is 2.89. The number of amides is 1. The number of aromatic nitrogens is 2. The first-order valence-corrected chi connectivity index (χ1v) is 8.00. The van der Waals surface area contributed by atoms with Gasteiger partial charge in [0.2, 0.25) is 5.91 Å². The van der Waals surface area contributed by atoms with Gasteiger partial charge < -0.3 is 9.47 Å². The minimum atomic E-state index is 0.156. The molecule has 1 aliphatic heterocycles. The van der Waals surface area contributed by atoms with Gasteiger partial charge in [0.05, 0.1) is 6.33 Å². The number of carbonyl (C=O) groups excluding carboxylic acids is 1. The van der Waals surface area contributed by atoms with Crippen LogP contribution in [0.3, 0.4) is 0 Å². The highest BCUT2D eigenvalue weighted by Crippen LogP contribution is 2.30. The third-order valence-electron chi connectivity index (χ3n) is 4.11. The van der Waals surface area contributed by atoms with Crippen LogP contribution < -0.4 is 0 Å². The molecule has 0 fully saturated rings. The van der Waals surface area contributed by atoms with Gasteiger partial charge in [0, 0.05) is 48.5 Å². The van der Waals surface area contributed by atoms with Gasteiger partial charge in [0.15, 0.2) is 0 Å². The maximum absolute atomic E-state index is 12.4. The van der Waals surface area contributed by atoms with Gasteiger partial charge in [-0.3, -0.25) is 4.79 Å². The Balaban J connectivity index is 1.66. The lowest BCUT2D eigenvalue weighted by Crippen LogP contribution is -2.36. The van der Waals surface area contributed by atoms with Gasteiger partial charge in [-0.05, 0) is 36.1 Å². The summed E-state index contributed by atoms with van der Waals surface area (Å²) < 4.78 is 1.94. The maximum atomic E-state index is 12.4. The Hall–Kier alpha value is -1.52. The molecule has 1 amide bonds. The van der Waals surface area contributed by atoms with Crippen molar-refractivity contribution >= 4 is 29.1 Å². The SMILES string of the molecule is Cn1cncc1CCC(=O)N1CCc2c(Cl)cc(Cl)cc2C1. The largest absolute Gasteiger partial charge is 0.338 e. The number of benzene rings is 1. The Morgan fingerprint density at radius 3 is 2.91 bits per heavy atom. The number of aryl methyl sites for hydroxylation is 2. The molecule has 0 atom stereocenters. The highest BCUT2D eigenvalue weighted by molar-refractivity contribution is 6.35. The molecule has 22 heavy (non-hydrogen) atoms. The monoisotopic (exact) mass is 337 g/mol. The molecule has 0 radical (unpaired) electrons. The first kappa shape index (κ1) is 15.4. The van der Waals surface area contributed by atoms with Crippen molar-refractivity contribution in [1.29, 1.82) is 0 Å². The van der Waals surface area contributed by atoms with Gasteiger partial charge in [0.1, 0.15) is 0 Å². The molecular formula is C16H17Cl2N3O. The van der Waals surface area contributed by atoms with E-state index in [1.165, 1.54) is 0 Å². The first-order valence-electron chi connectivity index (χ1n) is 7.24. The second kappa shape index (κ2) is 6.31. The van der Waals surface area contributed by atoms with Crippen molar-refractivity contribution in [3.8, 4) is 0 Å². The molecule has 0 N–H and O–H groups in total. The van der Waals surface area contributed by atoms with Gasteiger partial charge in [-0.15, -0.1) is 0 Å². The minimum Gasteiger partial charge on any atom is -0.338 e. The summed E-state index contributed by atoms with van der Waals surface area (Å²) >= 11 is 12.3. The van der Waals surface area contributed by atoms with Crippen LogP contribution in [0.15, 0.2) is 24.7 Å². The van der Waals surface area contributed by atoms with Crippen molar-refractivity contribution in [2.24, 2.45) is 7.05 Å². The van der Waals surface area contributed by atoms with Crippen LogP contribution in [0.2, 0.25) is 10.0 Å². The lowest BCUT2D eigenvalue weighted by Gasteiger charge is -2.29. The maximum Gasteiger partial charge on any atom is 0.223 e. The second-order valence-corrected chi connectivity index (χ2v) is 6.43. The normalized spacial score (nSPS) is 14.0. The van der Waals surface area contributed by atoms with Crippen LogP contribution in [0.25, 0.3) is 0 Å². The van der Waals surface area contributed by atoms with Crippen LogP contribution in [0.4, 0.5) is 0 Å². The molecular weight excluding hydrogens is 321 g/mol. The van der Waals surface area contributed by atoms with Gasteiger partial charge in [-0.2, -0.15) is 0 Å². The van der Waals surface area contributed by atoms with E-state index in [-0.39, 0.29) is 5.91 Å². The molecule has 0 unspecified atom stereocenters. The molecule has 0 spiro atoms. The quantitative estimate of drug-likeness (QED) is 0.862. The summed E-state index contributed by atoms with van der Waals surface area (Å²) in [6.45, 7) is 1.29. The molecule has 2 aromatic rings. The Morgan fingerprint density at radius 1 is 1.36 bits per heavy atom. The molecule has 3 rings (SSSR count). The molecule has 2 heterocycles. The van der Waals surface area contributed by atoms with Crippen molar-refractivity contribution in [3.05, 3.63) is 51.5 Å². The second-order valence-electron chi connectivity index (χ2n) is 5.59. The van der Waals surface area contributed by atoms with Crippen molar-refractivity contribution in [3.63, 3.8) is 0 Å². The summed E-state index contributed by atoms with van der Waals surface area (Å²) in [7, 11) is 1.94. The van der Waals surface area contributed by atoms with Gasteiger partial charge in [-0.1, -0.05) is 23.2 Å². The van der Waals surface area contributed by atoms with Crippen LogP contribution >= 0.6 is 23.2 Å². The predicted octanol–water partition coefficient (Wildman–Crippen LogP) is 3.24. The molecule has 0 saturated heterocycles. The Kier molecular flexibility index (Phi) is 4.41. The zero-order valence-electron chi connectivity index (χ0n) is 12.4. The number of carbonyl (C=O) groups is 1. The fourth-order valence-corrected chi connectivity index (χ4v) is 3.47. The number of halogens is 2. The number of hydrogen-bond acceptors (Lipinski definition) is 2. The smallest absolute Gasteiger partial charge is 0.223 e. The molecule has 1 aromatic heterocycles. The van der Waals surface area contributed by atoms with Crippen molar-refractivity contribution in [1.82, 2.24) is 14.5 Å². The van der Waals surface area contributed by atoms with Crippen LogP contribution in [-0.4, -0.2) is 26.9 Å². The van der Waals surface area contributed by atoms with Crippen molar-refractivity contribution in [2.75, 3.05) is 6.54 Å². The highest BCUT2D eigenvalue weighted by Gasteiger charge is 2.22. The zero-order chi connectivity index (χ0) is 15.7. The molecule has 0 bridgehead atoms. The summed E-state index contributed by atoms with van der Waals surface area (Å²) in [5.41, 5.74) is 3.23. The Labute approximate surface area is 139 Å².